The molecule has 0 radical (unpaired) electrons. The maximum Gasteiger partial charge on any atom is 0.198 e. The van der Waals surface area contributed by atoms with Gasteiger partial charge in [-0.1, -0.05) is 17.3 Å². The number of hydrogen-bond acceptors (Lipinski definition) is 4. The second kappa shape index (κ2) is 4.07. The van der Waals surface area contributed by atoms with Gasteiger partial charge in [0, 0.05) is 12.8 Å². The third-order valence-electron chi connectivity index (χ3n) is 3.90. The van der Waals surface area contributed by atoms with Gasteiger partial charge in [-0.15, -0.1) is 0 Å². The van der Waals surface area contributed by atoms with Gasteiger partial charge in [-0.3, -0.25) is 0 Å². The van der Waals surface area contributed by atoms with Crippen molar-refractivity contribution in [3.63, 3.8) is 0 Å². The quantitative estimate of drug-likeness (QED) is 0.824. The van der Waals surface area contributed by atoms with E-state index in [1.165, 1.54) is 11.1 Å². The van der Waals surface area contributed by atoms with Gasteiger partial charge in [-0.25, -0.2) is 0 Å². The summed E-state index contributed by atoms with van der Waals surface area (Å²) in [5.41, 5.74) is 3.79. The second-order valence-electron chi connectivity index (χ2n) is 5.14. The predicted octanol–water partition coefficient (Wildman–Crippen LogP) is 1.91. The summed E-state index contributed by atoms with van der Waals surface area (Å²) in [5.74, 6) is 0. The summed E-state index contributed by atoms with van der Waals surface area (Å²) in [6.45, 7) is 4.69. The Bertz CT molecular complexity index is 512. The summed E-state index contributed by atoms with van der Waals surface area (Å²) in [7, 11) is 0. The highest BCUT2D eigenvalue weighted by atomic mass is 16.7. The molecule has 2 heterocycles. The molecule has 0 saturated carbocycles. The number of aliphatic hydroxyl groups is 1. The minimum atomic E-state index is -0.870. The van der Waals surface area contributed by atoms with Gasteiger partial charge in [-0.05, 0) is 36.6 Å². The van der Waals surface area contributed by atoms with Crippen LogP contribution in [-0.2, 0) is 9.57 Å². The fourth-order valence-electron chi connectivity index (χ4n) is 2.45. The number of aliphatic hydroxyl groups excluding tert-OH is 1. The lowest BCUT2D eigenvalue weighted by atomic mass is 9.91. The van der Waals surface area contributed by atoms with E-state index in [1.54, 1.807) is 0 Å². The third-order valence-corrected chi connectivity index (χ3v) is 3.90. The fourth-order valence-corrected chi connectivity index (χ4v) is 2.45. The lowest BCUT2D eigenvalue weighted by Crippen LogP contribution is -2.38. The number of rotatable bonds is 1. The van der Waals surface area contributed by atoms with E-state index < -0.39 is 11.9 Å². The van der Waals surface area contributed by atoms with Gasteiger partial charge < -0.3 is 14.7 Å². The molecule has 0 amide bonds. The van der Waals surface area contributed by atoms with Crippen LogP contribution >= 0.6 is 0 Å². The van der Waals surface area contributed by atoms with Crippen LogP contribution < -0.4 is 0 Å². The lowest BCUT2D eigenvalue weighted by Gasteiger charge is -2.22. The maximum absolute atomic E-state index is 9.82. The fraction of sp³-hybridized carbons (Fsp3) is 0.500. The van der Waals surface area contributed by atoms with Gasteiger partial charge in [-0.2, -0.15) is 0 Å². The first-order valence-electron chi connectivity index (χ1n) is 6.23. The van der Waals surface area contributed by atoms with Crippen molar-refractivity contribution in [3.8, 4) is 0 Å². The molecule has 0 aliphatic carbocycles. The van der Waals surface area contributed by atoms with Gasteiger partial charge in [0.2, 0.25) is 0 Å². The van der Waals surface area contributed by atoms with Crippen LogP contribution in [0.2, 0.25) is 0 Å². The number of aryl methyl sites for hydroxylation is 2. The van der Waals surface area contributed by atoms with E-state index in [2.05, 4.69) is 31.1 Å². The van der Waals surface area contributed by atoms with Crippen LogP contribution in [0.5, 0.6) is 0 Å². The summed E-state index contributed by atoms with van der Waals surface area (Å²) in [5, 5.41) is 14.0. The average Bonchev–Trinajstić information content (AvgIpc) is 2.93. The van der Waals surface area contributed by atoms with Crippen molar-refractivity contribution < 1.29 is 14.7 Å². The SMILES string of the molecule is Cc1ccc(C2=NOC3(CCOC3O)C2)cc1C. The molecule has 1 saturated heterocycles. The highest BCUT2D eigenvalue weighted by Gasteiger charge is 2.50. The van der Waals surface area contributed by atoms with E-state index in [1.807, 2.05) is 6.07 Å². The summed E-state index contributed by atoms with van der Waals surface area (Å²) < 4.78 is 5.17. The molecule has 1 N–H and O–H groups in total. The Balaban J connectivity index is 1.85. The van der Waals surface area contributed by atoms with Crippen LogP contribution in [-0.4, -0.2) is 29.3 Å². The monoisotopic (exact) mass is 247 g/mol. The van der Waals surface area contributed by atoms with Crippen molar-refractivity contribution in [2.45, 2.75) is 38.6 Å². The molecule has 0 aromatic heterocycles. The van der Waals surface area contributed by atoms with E-state index in [0.29, 0.717) is 19.4 Å². The number of nitrogens with zero attached hydrogens (tertiary/aromatic N) is 1. The Labute approximate surface area is 106 Å². The van der Waals surface area contributed by atoms with E-state index in [-0.39, 0.29) is 0 Å². The zero-order valence-corrected chi connectivity index (χ0v) is 10.6. The average molecular weight is 247 g/mol. The molecule has 96 valence electrons. The molecule has 1 aromatic carbocycles. The molecule has 1 aromatic rings. The Kier molecular flexibility index (Phi) is 2.64. The zero-order valence-electron chi connectivity index (χ0n) is 10.6. The first-order valence-corrected chi connectivity index (χ1v) is 6.23. The number of hydrogen-bond donors (Lipinski definition) is 1. The summed E-state index contributed by atoms with van der Waals surface area (Å²) >= 11 is 0. The molecular weight excluding hydrogens is 230 g/mol. The Morgan fingerprint density at radius 2 is 2.17 bits per heavy atom. The van der Waals surface area contributed by atoms with E-state index >= 15 is 0 Å². The molecule has 18 heavy (non-hydrogen) atoms. The first kappa shape index (κ1) is 11.7. The predicted molar refractivity (Wildman–Crippen MR) is 67.5 cm³/mol. The van der Waals surface area contributed by atoms with Crippen LogP contribution in [0.25, 0.3) is 0 Å². The number of benzene rings is 1. The van der Waals surface area contributed by atoms with Crippen LogP contribution in [0.15, 0.2) is 23.4 Å². The highest BCUT2D eigenvalue weighted by Crippen LogP contribution is 2.37. The van der Waals surface area contributed by atoms with Gasteiger partial charge in [0.25, 0.3) is 0 Å². The third kappa shape index (κ3) is 1.72. The van der Waals surface area contributed by atoms with Gasteiger partial charge in [0.05, 0.1) is 12.3 Å². The van der Waals surface area contributed by atoms with E-state index in [0.717, 1.165) is 11.3 Å². The van der Waals surface area contributed by atoms with Crippen LogP contribution in [0, 0.1) is 13.8 Å². The van der Waals surface area contributed by atoms with E-state index in [4.69, 9.17) is 9.57 Å². The van der Waals surface area contributed by atoms with Crippen molar-refractivity contribution >= 4 is 5.71 Å². The number of oxime groups is 1. The largest absolute Gasteiger partial charge is 0.383 e. The van der Waals surface area contributed by atoms with Crippen molar-refractivity contribution in [1.29, 1.82) is 0 Å². The van der Waals surface area contributed by atoms with Gasteiger partial charge >= 0.3 is 0 Å². The summed E-state index contributed by atoms with van der Waals surface area (Å²) in [6, 6.07) is 6.24. The molecule has 1 spiro atoms. The van der Waals surface area contributed by atoms with Crippen molar-refractivity contribution in [2.75, 3.05) is 6.61 Å². The standard InChI is InChI=1S/C14H17NO3/c1-9-3-4-11(7-10(9)2)12-8-14(18-15-12)5-6-17-13(14)16/h3-4,7,13,16H,5-6,8H2,1-2H3. The Hall–Kier alpha value is -1.39. The smallest absolute Gasteiger partial charge is 0.198 e. The molecular formula is C14H17NO3. The van der Waals surface area contributed by atoms with Crippen molar-refractivity contribution in [1.82, 2.24) is 0 Å². The van der Waals surface area contributed by atoms with Crippen LogP contribution in [0.4, 0.5) is 0 Å². The molecule has 2 atom stereocenters. The molecule has 2 aliphatic rings. The molecule has 1 fully saturated rings. The van der Waals surface area contributed by atoms with Crippen LogP contribution in [0.1, 0.15) is 29.5 Å². The first-order chi connectivity index (χ1) is 8.61. The van der Waals surface area contributed by atoms with Gasteiger partial charge in [0.15, 0.2) is 11.9 Å². The molecule has 2 aliphatic heterocycles. The maximum atomic E-state index is 9.82. The molecule has 4 nitrogen and oxygen atoms in total. The highest BCUT2D eigenvalue weighted by molar-refractivity contribution is 6.01. The van der Waals surface area contributed by atoms with Crippen molar-refractivity contribution in [2.24, 2.45) is 5.16 Å². The Morgan fingerprint density at radius 1 is 1.33 bits per heavy atom. The molecule has 4 heteroatoms. The normalized spacial score (nSPS) is 30.6. The Morgan fingerprint density at radius 3 is 2.83 bits per heavy atom. The van der Waals surface area contributed by atoms with E-state index in [9.17, 15) is 5.11 Å². The topological polar surface area (TPSA) is 51.0 Å². The lowest BCUT2D eigenvalue weighted by molar-refractivity contribution is -0.171. The molecule has 2 unspecified atom stereocenters. The molecule has 0 bridgehead atoms. The van der Waals surface area contributed by atoms with Crippen molar-refractivity contribution in [3.05, 3.63) is 34.9 Å². The second-order valence-corrected chi connectivity index (χ2v) is 5.14. The number of ether oxygens (including phenoxy) is 1. The molecule has 3 rings (SSSR count). The van der Waals surface area contributed by atoms with Crippen LogP contribution in [0.3, 0.4) is 0 Å². The summed E-state index contributed by atoms with van der Waals surface area (Å²) in [6.07, 6.45) is 0.424. The minimum absolute atomic E-state index is 0.525. The zero-order chi connectivity index (χ0) is 12.8. The van der Waals surface area contributed by atoms with Gasteiger partial charge in [0.1, 0.15) is 0 Å². The minimum Gasteiger partial charge on any atom is -0.383 e. The summed E-state index contributed by atoms with van der Waals surface area (Å²) in [4.78, 5) is 5.46.